The van der Waals surface area contributed by atoms with Gasteiger partial charge in [0.1, 0.15) is 5.75 Å². The van der Waals surface area contributed by atoms with Gasteiger partial charge in [-0.2, -0.15) is 13.2 Å². The van der Waals surface area contributed by atoms with Crippen LogP contribution in [-0.4, -0.2) is 9.67 Å². The van der Waals surface area contributed by atoms with E-state index in [-0.39, 0.29) is 16.5 Å². The highest BCUT2D eigenvalue weighted by molar-refractivity contribution is 5.86. The van der Waals surface area contributed by atoms with Crippen LogP contribution in [-0.2, 0) is 13.2 Å². The molecular formula is C11H8F3NO2. The van der Waals surface area contributed by atoms with Crippen molar-refractivity contribution in [1.82, 2.24) is 4.57 Å². The van der Waals surface area contributed by atoms with Crippen LogP contribution in [0.25, 0.3) is 10.8 Å². The number of nitrogens with zero attached hydrogens (tertiary/aromatic N) is 1. The highest BCUT2D eigenvalue weighted by Crippen LogP contribution is 2.34. The summed E-state index contributed by atoms with van der Waals surface area (Å²) in [5.41, 5.74) is -1.47. The summed E-state index contributed by atoms with van der Waals surface area (Å²) in [6.07, 6.45) is -3.79. The molecule has 0 spiro atoms. The summed E-state index contributed by atoms with van der Waals surface area (Å²) in [6.45, 7) is 0. The number of aromatic hydroxyl groups is 1. The van der Waals surface area contributed by atoms with Crippen LogP contribution in [0.15, 0.2) is 29.2 Å². The first kappa shape index (κ1) is 11.5. The van der Waals surface area contributed by atoms with Crippen LogP contribution in [0.1, 0.15) is 5.56 Å². The molecule has 0 atom stereocenters. The minimum absolute atomic E-state index is 0.151. The summed E-state index contributed by atoms with van der Waals surface area (Å²) in [4.78, 5) is 11.6. The molecular weight excluding hydrogens is 235 g/mol. The summed E-state index contributed by atoms with van der Waals surface area (Å²) in [5, 5.41) is 8.85. The van der Waals surface area contributed by atoms with Crippen LogP contribution in [0.3, 0.4) is 0 Å². The Morgan fingerprint density at radius 2 is 1.88 bits per heavy atom. The van der Waals surface area contributed by atoms with Crippen molar-refractivity contribution in [2.75, 3.05) is 0 Å². The van der Waals surface area contributed by atoms with Crippen molar-refractivity contribution < 1.29 is 18.3 Å². The highest BCUT2D eigenvalue weighted by atomic mass is 19.4. The Labute approximate surface area is 93.7 Å². The van der Waals surface area contributed by atoms with Crippen molar-refractivity contribution in [2.45, 2.75) is 6.18 Å². The van der Waals surface area contributed by atoms with Gasteiger partial charge in [-0.05, 0) is 18.2 Å². The van der Waals surface area contributed by atoms with Crippen LogP contribution >= 0.6 is 0 Å². The average molecular weight is 243 g/mol. The molecule has 1 aromatic heterocycles. The zero-order valence-corrected chi connectivity index (χ0v) is 8.75. The van der Waals surface area contributed by atoms with Gasteiger partial charge in [-0.1, -0.05) is 0 Å². The molecule has 2 rings (SSSR count). The van der Waals surface area contributed by atoms with Gasteiger partial charge in [0, 0.05) is 18.6 Å². The maximum atomic E-state index is 12.8. The van der Waals surface area contributed by atoms with Gasteiger partial charge in [0.2, 0.25) is 0 Å². The highest BCUT2D eigenvalue weighted by Gasteiger charge is 2.33. The fourth-order valence-corrected chi connectivity index (χ4v) is 1.68. The SMILES string of the molecule is Cn1cc(C(F)(F)F)c2ccc(O)cc2c1=O. The molecule has 0 unspecified atom stereocenters. The third kappa shape index (κ3) is 1.86. The molecule has 17 heavy (non-hydrogen) atoms. The Balaban J connectivity index is 2.97. The molecule has 0 saturated carbocycles. The van der Waals surface area contributed by atoms with E-state index in [9.17, 15) is 23.1 Å². The standard InChI is InChI=1S/C11H8F3NO2/c1-15-5-9(11(12,13)14)7-3-2-6(16)4-8(7)10(15)17/h2-5,16H,1H3. The largest absolute Gasteiger partial charge is 0.508 e. The Morgan fingerprint density at radius 3 is 2.47 bits per heavy atom. The summed E-state index contributed by atoms with van der Waals surface area (Å²) >= 11 is 0. The number of pyridine rings is 1. The van der Waals surface area contributed by atoms with Gasteiger partial charge < -0.3 is 9.67 Å². The second-order valence-electron chi connectivity index (χ2n) is 3.69. The van der Waals surface area contributed by atoms with Crippen molar-refractivity contribution in [3.05, 3.63) is 40.3 Å². The zero-order chi connectivity index (χ0) is 12.8. The van der Waals surface area contributed by atoms with Gasteiger partial charge in [0.15, 0.2) is 0 Å². The predicted octanol–water partition coefficient (Wildman–Crippen LogP) is 2.26. The molecule has 0 fully saturated rings. The molecule has 0 aliphatic carbocycles. The number of aryl methyl sites for hydroxylation is 1. The summed E-state index contributed by atoms with van der Waals surface area (Å²) < 4.78 is 39.1. The third-order valence-electron chi connectivity index (χ3n) is 2.47. The molecule has 0 amide bonds. The first-order chi connectivity index (χ1) is 7.80. The molecule has 0 bridgehead atoms. The lowest BCUT2D eigenvalue weighted by Gasteiger charge is -2.12. The smallest absolute Gasteiger partial charge is 0.418 e. The maximum Gasteiger partial charge on any atom is 0.418 e. The van der Waals surface area contributed by atoms with Gasteiger partial charge in [0.05, 0.1) is 10.9 Å². The molecule has 0 aliphatic heterocycles. The molecule has 90 valence electrons. The van der Waals surface area contributed by atoms with E-state index in [2.05, 4.69) is 0 Å². The fourth-order valence-electron chi connectivity index (χ4n) is 1.68. The normalized spacial score (nSPS) is 12.0. The predicted molar refractivity (Wildman–Crippen MR) is 55.9 cm³/mol. The number of hydrogen-bond acceptors (Lipinski definition) is 2. The molecule has 6 heteroatoms. The number of aromatic nitrogens is 1. The summed E-state index contributed by atoms with van der Waals surface area (Å²) in [7, 11) is 1.24. The molecule has 1 aromatic carbocycles. The Kier molecular flexibility index (Phi) is 2.38. The average Bonchev–Trinajstić information content (AvgIpc) is 2.22. The van der Waals surface area contributed by atoms with Crippen LogP contribution in [0.2, 0.25) is 0 Å². The Hall–Kier alpha value is -1.98. The minimum atomic E-state index is -4.54. The number of phenolic OH excluding ortho intramolecular Hbond substituents is 1. The number of rotatable bonds is 0. The monoisotopic (exact) mass is 243 g/mol. The quantitative estimate of drug-likeness (QED) is 0.771. The Morgan fingerprint density at radius 1 is 1.24 bits per heavy atom. The first-order valence-corrected chi connectivity index (χ1v) is 4.70. The van der Waals surface area contributed by atoms with Gasteiger partial charge >= 0.3 is 6.18 Å². The lowest BCUT2D eigenvalue weighted by Crippen LogP contribution is -2.20. The van der Waals surface area contributed by atoms with Crippen molar-refractivity contribution in [3.8, 4) is 5.75 Å². The van der Waals surface area contributed by atoms with Crippen molar-refractivity contribution in [2.24, 2.45) is 7.05 Å². The van der Waals surface area contributed by atoms with E-state index in [4.69, 9.17) is 0 Å². The van der Waals surface area contributed by atoms with Crippen LogP contribution in [0, 0.1) is 0 Å². The maximum absolute atomic E-state index is 12.8. The van der Waals surface area contributed by atoms with Gasteiger partial charge in [-0.3, -0.25) is 4.79 Å². The van der Waals surface area contributed by atoms with E-state index in [0.717, 1.165) is 29.0 Å². The van der Waals surface area contributed by atoms with Crippen LogP contribution in [0.5, 0.6) is 5.75 Å². The summed E-state index contributed by atoms with van der Waals surface area (Å²) in [5.74, 6) is -0.242. The summed E-state index contributed by atoms with van der Waals surface area (Å²) in [6, 6.07) is 3.25. The van der Waals surface area contributed by atoms with Gasteiger partial charge in [0.25, 0.3) is 5.56 Å². The van der Waals surface area contributed by atoms with Gasteiger partial charge in [-0.25, -0.2) is 0 Å². The molecule has 2 aromatic rings. The number of alkyl halides is 3. The number of benzene rings is 1. The van der Waals surface area contributed by atoms with E-state index in [1.807, 2.05) is 0 Å². The molecule has 1 heterocycles. The molecule has 0 radical (unpaired) electrons. The first-order valence-electron chi connectivity index (χ1n) is 4.70. The van der Waals surface area contributed by atoms with Crippen molar-refractivity contribution in [1.29, 1.82) is 0 Å². The van der Waals surface area contributed by atoms with E-state index in [1.165, 1.54) is 7.05 Å². The lowest BCUT2D eigenvalue weighted by atomic mass is 10.1. The Bertz CT molecular complexity index is 643. The number of fused-ring (bicyclic) bond motifs is 1. The van der Waals surface area contributed by atoms with Crippen LogP contribution < -0.4 is 5.56 Å². The second-order valence-corrected chi connectivity index (χ2v) is 3.69. The fraction of sp³-hybridized carbons (Fsp3) is 0.182. The lowest BCUT2D eigenvalue weighted by molar-refractivity contribution is -0.136. The van der Waals surface area contributed by atoms with Crippen LogP contribution in [0.4, 0.5) is 13.2 Å². The van der Waals surface area contributed by atoms with E-state index in [0.29, 0.717) is 0 Å². The van der Waals surface area contributed by atoms with E-state index in [1.54, 1.807) is 0 Å². The van der Waals surface area contributed by atoms with E-state index < -0.39 is 17.3 Å². The number of phenols is 1. The van der Waals surface area contributed by atoms with E-state index >= 15 is 0 Å². The number of hydrogen-bond donors (Lipinski definition) is 1. The molecule has 1 N–H and O–H groups in total. The second kappa shape index (κ2) is 3.51. The molecule has 3 nitrogen and oxygen atoms in total. The van der Waals surface area contributed by atoms with Crippen molar-refractivity contribution >= 4 is 10.8 Å². The number of halogens is 3. The molecule has 0 saturated heterocycles. The third-order valence-corrected chi connectivity index (χ3v) is 2.47. The van der Waals surface area contributed by atoms with Crippen molar-refractivity contribution in [3.63, 3.8) is 0 Å². The molecule has 0 aliphatic rings. The van der Waals surface area contributed by atoms with Gasteiger partial charge in [-0.15, -0.1) is 0 Å². The minimum Gasteiger partial charge on any atom is -0.508 e. The zero-order valence-electron chi connectivity index (χ0n) is 8.75. The topological polar surface area (TPSA) is 42.2 Å².